The van der Waals surface area contributed by atoms with Crippen molar-refractivity contribution >= 4 is 18.0 Å². The number of hydrogen-bond donors (Lipinski definition) is 0. The van der Waals surface area contributed by atoms with E-state index in [0.717, 1.165) is 45.4 Å². The van der Waals surface area contributed by atoms with Gasteiger partial charge in [0.2, 0.25) is 0 Å². The molecule has 2 heterocycles. The summed E-state index contributed by atoms with van der Waals surface area (Å²) in [5, 5.41) is 5.46. The van der Waals surface area contributed by atoms with E-state index in [4.69, 9.17) is 4.74 Å². The van der Waals surface area contributed by atoms with E-state index in [-0.39, 0.29) is 35.5 Å². The van der Waals surface area contributed by atoms with Crippen molar-refractivity contribution in [3.05, 3.63) is 95.3 Å². The van der Waals surface area contributed by atoms with E-state index >= 15 is 0 Å². The number of imide groups is 1. The molecule has 2 amide bonds. The fourth-order valence-corrected chi connectivity index (χ4v) is 5.87. The normalized spacial score (nSPS) is 24.7. The molecule has 2 bridgehead atoms. The average Bonchev–Trinajstić information content (AvgIpc) is 3.61. The quantitative estimate of drug-likeness (QED) is 0.298. The van der Waals surface area contributed by atoms with Gasteiger partial charge < -0.3 is 9.30 Å². The van der Waals surface area contributed by atoms with Crippen LogP contribution in [0, 0.1) is 37.5 Å². The summed E-state index contributed by atoms with van der Waals surface area (Å²) >= 11 is 0. The molecule has 6 nitrogen and oxygen atoms in total. The Morgan fingerprint density at radius 2 is 1.60 bits per heavy atom. The minimum absolute atomic E-state index is 0.159. The summed E-state index contributed by atoms with van der Waals surface area (Å²) in [6.45, 7) is 4.57. The summed E-state index contributed by atoms with van der Waals surface area (Å²) in [5.74, 6) is 0.398. The van der Waals surface area contributed by atoms with E-state index in [2.05, 4.69) is 21.8 Å². The second kappa shape index (κ2) is 8.38. The Bertz CT molecular complexity index is 1320. The number of hydrogen-bond acceptors (Lipinski definition) is 4. The topological polar surface area (TPSA) is 63.9 Å². The minimum Gasteiger partial charge on any atom is -0.489 e. The van der Waals surface area contributed by atoms with Crippen molar-refractivity contribution in [1.82, 2.24) is 9.58 Å². The Morgan fingerprint density at radius 3 is 2.26 bits per heavy atom. The van der Waals surface area contributed by atoms with Crippen molar-refractivity contribution in [2.24, 2.45) is 28.8 Å². The first-order valence-corrected chi connectivity index (χ1v) is 12.1. The highest BCUT2D eigenvalue weighted by Crippen LogP contribution is 2.52. The van der Waals surface area contributed by atoms with Crippen LogP contribution >= 0.6 is 0 Å². The third kappa shape index (κ3) is 3.60. The zero-order chi connectivity index (χ0) is 24.1. The lowest BCUT2D eigenvalue weighted by atomic mass is 9.85. The number of carbonyl (C=O) groups is 2. The highest BCUT2D eigenvalue weighted by molar-refractivity contribution is 6.06. The number of rotatable bonds is 6. The molecule has 1 aromatic heterocycles. The zero-order valence-corrected chi connectivity index (χ0v) is 19.8. The van der Waals surface area contributed by atoms with Gasteiger partial charge in [-0.05, 0) is 68.0 Å². The largest absolute Gasteiger partial charge is 0.489 e. The van der Waals surface area contributed by atoms with E-state index in [1.54, 1.807) is 6.21 Å². The maximum absolute atomic E-state index is 12.9. The zero-order valence-electron chi connectivity index (χ0n) is 19.8. The molecule has 3 aromatic rings. The van der Waals surface area contributed by atoms with Crippen molar-refractivity contribution in [2.75, 3.05) is 0 Å². The third-order valence-corrected chi connectivity index (χ3v) is 7.57. The summed E-state index contributed by atoms with van der Waals surface area (Å²) < 4.78 is 8.04. The number of carbonyl (C=O) groups excluding carboxylic acids is 2. The molecule has 4 unspecified atom stereocenters. The number of aryl methyl sites for hydroxylation is 1. The summed E-state index contributed by atoms with van der Waals surface area (Å²) in [6.07, 6.45) is 6.75. The van der Waals surface area contributed by atoms with Crippen molar-refractivity contribution in [3.8, 4) is 11.4 Å². The molecular formula is C29H27N3O3. The molecule has 4 atom stereocenters. The molecule has 1 saturated carbocycles. The van der Waals surface area contributed by atoms with Gasteiger partial charge in [0.05, 0.1) is 18.1 Å². The monoisotopic (exact) mass is 465 g/mol. The summed E-state index contributed by atoms with van der Waals surface area (Å²) in [5.41, 5.74) is 5.05. The molecule has 6 rings (SSSR count). The van der Waals surface area contributed by atoms with E-state index < -0.39 is 0 Å². The number of aromatic nitrogens is 1. The predicted molar refractivity (Wildman–Crippen MR) is 133 cm³/mol. The number of ether oxygens (including phenoxy) is 1. The van der Waals surface area contributed by atoms with Gasteiger partial charge in [-0.15, -0.1) is 0 Å². The highest BCUT2D eigenvalue weighted by Gasteiger charge is 2.59. The van der Waals surface area contributed by atoms with E-state index in [1.165, 1.54) is 0 Å². The first-order chi connectivity index (χ1) is 17.0. The molecule has 35 heavy (non-hydrogen) atoms. The van der Waals surface area contributed by atoms with Crippen LogP contribution in [0.2, 0.25) is 0 Å². The smallest absolute Gasteiger partial charge is 0.254 e. The molecule has 0 spiro atoms. The van der Waals surface area contributed by atoms with Gasteiger partial charge in [-0.1, -0.05) is 42.5 Å². The number of nitrogens with zero attached hydrogens (tertiary/aromatic N) is 3. The number of allylic oxidation sites excluding steroid dienone is 2. The Hall–Kier alpha value is -3.93. The van der Waals surface area contributed by atoms with Gasteiger partial charge >= 0.3 is 0 Å². The lowest BCUT2D eigenvalue weighted by Crippen LogP contribution is -2.28. The predicted octanol–water partition coefficient (Wildman–Crippen LogP) is 4.81. The van der Waals surface area contributed by atoms with Gasteiger partial charge in [-0.25, -0.2) is 0 Å². The van der Waals surface area contributed by atoms with Crippen molar-refractivity contribution in [3.63, 3.8) is 0 Å². The van der Waals surface area contributed by atoms with Gasteiger partial charge in [-0.2, -0.15) is 10.1 Å². The Balaban J connectivity index is 1.18. The van der Waals surface area contributed by atoms with Crippen LogP contribution in [0.3, 0.4) is 0 Å². The lowest BCUT2D eigenvalue weighted by molar-refractivity contribution is -0.140. The Morgan fingerprint density at radius 1 is 0.943 bits per heavy atom. The first-order valence-electron chi connectivity index (χ1n) is 12.1. The van der Waals surface area contributed by atoms with E-state index in [9.17, 15) is 9.59 Å². The molecule has 2 aromatic carbocycles. The van der Waals surface area contributed by atoms with Gasteiger partial charge in [0, 0.05) is 22.6 Å². The van der Waals surface area contributed by atoms with Crippen molar-refractivity contribution in [1.29, 1.82) is 0 Å². The average molecular weight is 466 g/mol. The molecule has 1 saturated heterocycles. The van der Waals surface area contributed by atoms with Crippen LogP contribution in [0.5, 0.6) is 5.75 Å². The molecule has 1 aliphatic heterocycles. The van der Waals surface area contributed by atoms with Crippen LogP contribution in [0.15, 0.2) is 77.9 Å². The second-order valence-corrected chi connectivity index (χ2v) is 9.66. The Labute approximate surface area is 204 Å². The van der Waals surface area contributed by atoms with Gasteiger partial charge in [0.25, 0.3) is 11.8 Å². The summed E-state index contributed by atoms with van der Waals surface area (Å²) in [6, 6.07) is 20.1. The molecular weight excluding hydrogens is 438 g/mol. The number of benzene rings is 2. The van der Waals surface area contributed by atoms with E-state index in [1.807, 2.05) is 74.5 Å². The fraction of sp³-hybridized carbons (Fsp3) is 0.276. The summed E-state index contributed by atoms with van der Waals surface area (Å²) in [7, 11) is 0. The first kappa shape index (κ1) is 21.6. The molecule has 2 aliphatic carbocycles. The number of hydrazone groups is 1. The van der Waals surface area contributed by atoms with Crippen LogP contribution in [0.1, 0.15) is 28.9 Å². The van der Waals surface area contributed by atoms with Crippen LogP contribution in [0.4, 0.5) is 0 Å². The molecule has 6 heteroatoms. The SMILES string of the molecule is Cc1cc(C=NN2C(=O)C3C4C=CC(C4)C3C2=O)c(C)n1-c1ccc(OCc2ccccc2)cc1. The van der Waals surface area contributed by atoms with Crippen LogP contribution in [-0.4, -0.2) is 27.6 Å². The molecule has 0 radical (unpaired) electrons. The maximum Gasteiger partial charge on any atom is 0.254 e. The van der Waals surface area contributed by atoms with Crippen LogP contribution in [0.25, 0.3) is 5.69 Å². The second-order valence-electron chi connectivity index (χ2n) is 9.66. The minimum atomic E-state index is -0.232. The molecule has 2 fully saturated rings. The molecule has 3 aliphatic rings. The third-order valence-electron chi connectivity index (χ3n) is 7.57. The van der Waals surface area contributed by atoms with Crippen molar-refractivity contribution in [2.45, 2.75) is 26.9 Å². The van der Waals surface area contributed by atoms with Gasteiger partial charge in [-0.3, -0.25) is 9.59 Å². The van der Waals surface area contributed by atoms with E-state index in [0.29, 0.717) is 6.61 Å². The molecule has 0 N–H and O–H groups in total. The maximum atomic E-state index is 12.9. The number of amides is 2. The fourth-order valence-electron chi connectivity index (χ4n) is 5.87. The highest BCUT2D eigenvalue weighted by atomic mass is 16.5. The van der Waals surface area contributed by atoms with Crippen molar-refractivity contribution < 1.29 is 14.3 Å². The lowest BCUT2D eigenvalue weighted by Gasteiger charge is -2.13. The molecule has 176 valence electrons. The van der Waals surface area contributed by atoms with Gasteiger partial charge in [0.15, 0.2) is 0 Å². The van der Waals surface area contributed by atoms with Crippen LogP contribution in [-0.2, 0) is 16.2 Å². The van der Waals surface area contributed by atoms with Crippen LogP contribution < -0.4 is 4.74 Å². The number of fused-ring (bicyclic) bond motifs is 5. The van der Waals surface area contributed by atoms with Gasteiger partial charge in [0.1, 0.15) is 12.4 Å². The Kier molecular flexibility index (Phi) is 5.17. The standard InChI is InChI=1S/C29H27N3O3/c1-18-14-23(16-30-32-28(33)26-21-8-9-22(15-21)27(26)29(32)34)19(2)31(18)24-10-12-25(13-11-24)35-17-20-6-4-3-5-7-20/h3-14,16,21-22,26-27H,15,17H2,1-2H3. The summed E-state index contributed by atoms with van der Waals surface area (Å²) in [4.78, 5) is 25.8.